The maximum atomic E-state index is 14.1. The Balaban J connectivity index is 1.47. The number of hydrogen-bond donors (Lipinski definition) is 2. The first-order valence-corrected chi connectivity index (χ1v) is 11.9. The van der Waals surface area contributed by atoms with Gasteiger partial charge in [-0.1, -0.05) is 6.07 Å². The Hall–Kier alpha value is -3.93. The van der Waals surface area contributed by atoms with Crippen LogP contribution in [0.3, 0.4) is 0 Å². The van der Waals surface area contributed by atoms with Crippen molar-refractivity contribution in [2.24, 2.45) is 0 Å². The van der Waals surface area contributed by atoms with E-state index in [9.17, 15) is 17.6 Å². The number of nitrogens with zero attached hydrogens (tertiary/aromatic N) is 6. The third-order valence-electron chi connectivity index (χ3n) is 6.52. The average molecular weight is 510 g/mol. The lowest BCUT2D eigenvalue weighted by molar-refractivity contribution is -0.149. The summed E-state index contributed by atoms with van der Waals surface area (Å²) in [5, 5.41) is 6.40. The molecule has 1 atom stereocenters. The molecule has 4 aromatic rings. The Morgan fingerprint density at radius 3 is 2.68 bits per heavy atom. The van der Waals surface area contributed by atoms with Crippen LogP contribution in [0.5, 0.6) is 0 Å². The van der Waals surface area contributed by atoms with Crippen LogP contribution in [0.2, 0.25) is 0 Å². The Labute approximate surface area is 209 Å². The summed E-state index contributed by atoms with van der Waals surface area (Å²) < 4.78 is 55.7. The molecule has 2 aliphatic rings. The van der Waals surface area contributed by atoms with E-state index in [1.165, 1.54) is 23.2 Å². The molecule has 1 aliphatic carbocycles. The van der Waals surface area contributed by atoms with E-state index in [-0.39, 0.29) is 36.5 Å². The molecule has 5 heterocycles. The second kappa shape index (κ2) is 9.18. The molecule has 0 amide bonds. The second-order valence-corrected chi connectivity index (χ2v) is 9.12. The molecule has 1 saturated heterocycles. The minimum absolute atomic E-state index is 0.149. The summed E-state index contributed by atoms with van der Waals surface area (Å²) in [5.74, 6) is 0.725. The highest BCUT2D eigenvalue weighted by Crippen LogP contribution is 2.45. The maximum absolute atomic E-state index is 14.1. The minimum Gasteiger partial charge on any atom is -0.342 e. The van der Waals surface area contributed by atoms with Gasteiger partial charge in [-0.25, -0.2) is 19.9 Å². The summed E-state index contributed by atoms with van der Waals surface area (Å²) in [4.78, 5) is 23.1. The molecule has 1 saturated carbocycles. The van der Waals surface area contributed by atoms with E-state index < -0.39 is 18.2 Å². The van der Waals surface area contributed by atoms with E-state index in [1.54, 1.807) is 30.6 Å². The number of nitrogens with one attached hydrogen (secondary N) is 2. The van der Waals surface area contributed by atoms with Gasteiger partial charge in [0.1, 0.15) is 23.5 Å². The van der Waals surface area contributed by atoms with Crippen molar-refractivity contribution in [3.05, 3.63) is 60.4 Å². The summed E-state index contributed by atoms with van der Waals surface area (Å²) in [7, 11) is 0. The molecular weight excluding hydrogens is 488 g/mol. The normalized spacial score (nSPS) is 18.3. The quantitative estimate of drug-likeness (QED) is 0.298. The zero-order valence-corrected chi connectivity index (χ0v) is 19.5. The molecule has 1 unspecified atom stereocenters. The van der Waals surface area contributed by atoms with Crippen molar-refractivity contribution >= 4 is 28.4 Å². The monoisotopic (exact) mass is 510 g/mol. The van der Waals surface area contributed by atoms with Crippen LogP contribution in [0.1, 0.15) is 24.3 Å². The molecule has 190 valence electrons. The molecule has 4 aromatic heterocycles. The number of rotatable bonds is 5. The predicted octanol–water partition coefficient (Wildman–Crippen LogP) is 4.58. The summed E-state index contributed by atoms with van der Waals surface area (Å²) in [5.41, 5.74) is 1.90. The lowest BCUT2D eigenvalue weighted by Gasteiger charge is -2.38. The van der Waals surface area contributed by atoms with Crippen LogP contribution in [-0.2, 0) is 0 Å². The molecule has 8 nitrogen and oxygen atoms in total. The SMILES string of the molecule is Fc1cccc(Nc2cc(-c3nc(N4CCNCC4C(F)(F)F)c4c(C5CC5)cncc4n3)ccn2)n1. The number of halogens is 4. The summed E-state index contributed by atoms with van der Waals surface area (Å²) in [6.07, 6.45) is 2.28. The van der Waals surface area contributed by atoms with Crippen molar-refractivity contribution in [3.63, 3.8) is 0 Å². The summed E-state index contributed by atoms with van der Waals surface area (Å²) >= 11 is 0. The number of pyridine rings is 3. The van der Waals surface area contributed by atoms with Gasteiger partial charge in [0.15, 0.2) is 5.82 Å². The minimum atomic E-state index is -4.44. The predicted molar refractivity (Wildman–Crippen MR) is 130 cm³/mol. The molecule has 2 fully saturated rings. The molecule has 0 spiro atoms. The fourth-order valence-corrected chi connectivity index (χ4v) is 4.63. The third kappa shape index (κ3) is 4.76. The lowest BCUT2D eigenvalue weighted by atomic mass is 10.1. The number of alkyl halides is 3. The fraction of sp³-hybridized carbons (Fsp3) is 0.320. The molecule has 12 heteroatoms. The van der Waals surface area contributed by atoms with Crippen LogP contribution < -0.4 is 15.5 Å². The average Bonchev–Trinajstić information content (AvgIpc) is 3.73. The van der Waals surface area contributed by atoms with E-state index in [4.69, 9.17) is 9.97 Å². The van der Waals surface area contributed by atoms with E-state index in [0.717, 1.165) is 18.4 Å². The van der Waals surface area contributed by atoms with E-state index in [0.29, 0.717) is 28.8 Å². The molecule has 37 heavy (non-hydrogen) atoms. The van der Waals surface area contributed by atoms with Crippen molar-refractivity contribution in [1.29, 1.82) is 0 Å². The van der Waals surface area contributed by atoms with Crippen molar-refractivity contribution in [2.45, 2.75) is 31.0 Å². The highest BCUT2D eigenvalue weighted by Gasteiger charge is 2.46. The van der Waals surface area contributed by atoms with Crippen molar-refractivity contribution in [1.82, 2.24) is 30.2 Å². The van der Waals surface area contributed by atoms with Gasteiger partial charge in [-0.15, -0.1) is 0 Å². The zero-order chi connectivity index (χ0) is 25.6. The lowest BCUT2D eigenvalue weighted by Crippen LogP contribution is -2.58. The van der Waals surface area contributed by atoms with Crippen molar-refractivity contribution in [3.8, 4) is 11.4 Å². The molecule has 6 rings (SSSR count). The van der Waals surface area contributed by atoms with Crippen LogP contribution in [-0.4, -0.2) is 56.8 Å². The summed E-state index contributed by atoms with van der Waals surface area (Å²) in [6.45, 7) is 0.329. The molecule has 0 bridgehead atoms. The van der Waals surface area contributed by atoms with Crippen molar-refractivity contribution in [2.75, 3.05) is 29.9 Å². The van der Waals surface area contributed by atoms with Crippen molar-refractivity contribution < 1.29 is 17.6 Å². The first-order chi connectivity index (χ1) is 17.9. The van der Waals surface area contributed by atoms with Gasteiger partial charge in [-0.3, -0.25) is 4.98 Å². The smallest absolute Gasteiger partial charge is 0.342 e. The van der Waals surface area contributed by atoms with Crippen LogP contribution in [0.4, 0.5) is 35.0 Å². The van der Waals surface area contributed by atoms with Gasteiger partial charge in [0.25, 0.3) is 0 Å². The van der Waals surface area contributed by atoms with Gasteiger partial charge < -0.3 is 15.5 Å². The Bertz CT molecular complexity index is 1460. The Morgan fingerprint density at radius 1 is 1.03 bits per heavy atom. The molecule has 1 aliphatic heterocycles. The number of hydrogen-bond acceptors (Lipinski definition) is 8. The van der Waals surface area contributed by atoms with Crippen LogP contribution in [0.25, 0.3) is 22.3 Å². The van der Waals surface area contributed by atoms with Gasteiger partial charge in [-0.2, -0.15) is 17.6 Å². The maximum Gasteiger partial charge on any atom is 0.410 e. The first kappa shape index (κ1) is 23.5. The van der Waals surface area contributed by atoms with Gasteiger partial charge >= 0.3 is 6.18 Å². The van der Waals surface area contributed by atoms with Crippen LogP contribution in [0.15, 0.2) is 48.9 Å². The van der Waals surface area contributed by atoms with Crippen LogP contribution in [0, 0.1) is 5.95 Å². The number of fused-ring (bicyclic) bond motifs is 1. The molecule has 0 radical (unpaired) electrons. The highest BCUT2D eigenvalue weighted by atomic mass is 19.4. The zero-order valence-electron chi connectivity index (χ0n) is 19.5. The van der Waals surface area contributed by atoms with Gasteiger partial charge in [-0.05, 0) is 48.6 Å². The fourth-order valence-electron chi connectivity index (χ4n) is 4.63. The third-order valence-corrected chi connectivity index (χ3v) is 6.52. The number of anilines is 3. The second-order valence-electron chi connectivity index (χ2n) is 9.12. The molecule has 0 aromatic carbocycles. The highest BCUT2D eigenvalue weighted by molar-refractivity contribution is 5.94. The van der Waals surface area contributed by atoms with E-state index >= 15 is 0 Å². The van der Waals surface area contributed by atoms with E-state index in [1.807, 2.05) is 0 Å². The standard InChI is InChI=1S/C25H22F4N8/c26-19-2-1-3-20(34-19)35-21-10-15(6-7-32-21)23-33-17-12-31-11-16(14-4-5-14)22(17)24(36-23)37-9-8-30-13-18(37)25(27,28)29/h1-3,6-7,10-12,14,18,30H,4-5,8-9,13H2,(H,32,34,35). The number of aromatic nitrogens is 5. The molecule has 2 N–H and O–H groups in total. The van der Waals surface area contributed by atoms with E-state index in [2.05, 4.69) is 25.6 Å². The van der Waals surface area contributed by atoms with Gasteiger partial charge in [0.2, 0.25) is 5.95 Å². The molecular formula is C25H22F4N8. The Morgan fingerprint density at radius 2 is 1.89 bits per heavy atom. The van der Waals surface area contributed by atoms with Gasteiger partial charge in [0, 0.05) is 43.0 Å². The Kier molecular flexibility index (Phi) is 5.82. The van der Waals surface area contributed by atoms with Crippen LogP contribution >= 0.6 is 0 Å². The number of piperazine rings is 1. The topological polar surface area (TPSA) is 91.8 Å². The first-order valence-electron chi connectivity index (χ1n) is 11.9. The summed E-state index contributed by atoms with van der Waals surface area (Å²) in [6, 6.07) is 5.94. The largest absolute Gasteiger partial charge is 0.410 e. The van der Waals surface area contributed by atoms with Gasteiger partial charge in [0.05, 0.1) is 11.7 Å².